The number of nitrogens with one attached hydrogen (secondary N) is 1. The van der Waals surface area contributed by atoms with Crippen molar-refractivity contribution < 1.29 is 4.79 Å². The molecule has 0 saturated carbocycles. The molecule has 0 aliphatic carbocycles. The molecular formula is C8H17NOS. The summed E-state index contributed by atoms with van der Waals surface area (Å²) < 4.78 is 0. The van der Waals surface area contributed by atoms with Gasteiger partial charge in [0.2, 0.25) is 5.91 Å². The fraction of sp³-hybridized carbons (Fsp3) is 0.875. The Morgan fingerprint density at radius 3 is 2.73 bits per heavy atom. The van der Waals surface area contributed by atoms with Gasteiger partial charge in [-0.25, -0.2) is 0 Å². The van der Waals surface area contributed by atoms with E-state index in [1.165, 1.54) is 0 Å². The SMILES string of the molecule is CCCC(C)NC(=O)CCS. The van der Waals surface area contributed by atoms with Gasteiger partial charge in [0.05, 0.1) is 0 Å². The maximum Gasteiger partial charge on any atom is 0.221 e. The molecule has 11 heavy (non-hydrogen) atoms. The van der Waals surface area contributed by atoms with Crippen molar-refractivity contribution in [2.45, 2.75) is 39.2 Å². The number of amides is 1. The monoisotopic (exact) mass is 175 g/mol. The molecule has 0 radical (unpaired) electrons. The smallest absolute Gasteiger partial charge is 0.221 e. The van der Waals surface area contributed by atoms with E-state index >= 15 is 0 Å². The Kier molecular flexibility index (Phi) is 6.42. The van der Waals surface area contributed by atoms with Crippen LogP contribution in [0.3, 0.4) is 0 Å². The largest absolute Gasteiger partial charge is 0.354 e. The van der Waals surface area contributed by atoms with E-state index in [0.29, 0.717) is 18.2 Å². The van der Waals surface area contributed by atoms with Crippen LogP contribution in [0.1, 0.15) is 33.1 Å². The van der Waals surface area contributed by atoms with E-state index in [9.17, 15) is 4.79 Å². The minimum absolute atomic E-state index is 0.112. The van der Waals surface area contributed by atoms with Crippen LogP contribution in [-0.4, -0.2) is 17.7 Å². The van der Waals surface area contributed by atoms with E-state index in [0.717, 1.165) is 12.8 Å². The summed E-state index contributed by atoms with van der Waals surface area (Å²) in [6, 6.07) is 0.312. The summed E-state index contributed by atoms with van der Waals surface area (Å²) in [6.07, 6.45) is 2.69. The number of rotatable bonds is 5. The minimum atomic E-state index is 0.112. The Balaban J connectivity index is 3.40. The lowest BCUT2D eigenvalue weighted by Gasteiger charge is -2.11. The Labute approximate surface area is 74.2 Å². The maximum atomic E-state index is 11.0. The zero-order valence-corrected chi connectivity index (χ0v) is 8.16. The van der Waals surface area contributed by atoms with E-state index in [4.69, 9.17) is 0 Å². The molecule has 0 saturated heterocycles. The lowest BCUT2D eigenvalue weighted by Crippen LogP contribution is -2.32. The minimum Gasteiger partial charge on any atom is -0.354 e. The van der Waals surface area contributed by atoms with E-state index < -0.39 is 0 Å². The number of thiol groups is 1. The molecule has 1 N–H and O–H groups in total. The van der Waals surface area contributed by atoms with Crippen molar-refractivity contribution >= 4 is 18.5 Å². The van der Waals surface area contributed by atoms with Gasteiger partial charge in [0, 0.05) is 12.5 Å². The molecule has 0 bridgehead atoms. The Morgan fingerprint density at radius 2 is 2.27 bits per heavy atom. The summed E-state index contributed by atoms with van der Waals surface area (Å²) in [5.41, 5.74) is 0. The number of carbonyl (C=O) groups is 1. The van der Waals surface area contributed by atoms with Crippen LogP contribution in [-0.2, 0) is 4.79 Å². The van der Waals surface area contributed by atoms with Crippen molar-refractivity contribution in [2.75, 3.05) is 5.75 Å². The molecule has 0 rings (SSSR count). The topological polar surface area (TPSA) is 29.1 Å². The molecule has 0 spiro atoms. The first-order valence-electron chi connectivity index (χ1n) is 4.11. The Hall–Kier alpha value is -0.180. The Bertz CT molecular complexity index is 117. The molecule has 0 aromatic heterocycles. The van der Waals surface area contributed by atoms with Gasteiger partial charge in [0.15, 0.2) is 0 Å². The van der Waals surface area contributed by atoms with Gasteiger partial charge < -0.3 is 5.32 Å². The summed E-state index contributed by atoms with van der Waals surface area (Å²) in [4.78, 5) is 11.0. The van der Waals surface area contributed by atoms with Gasteiger partial charge in [-0.15, -0.1) is 0 Å². The molecular weight excluding hydrogens is 158 g/mol. The predicted octanol–water partition coefficient (Wildman–Crippen LogP) is 1.61. The zero-order chi connectivity index (χ0) is 8.69. The average Bonchev–Trinajstić information content (AvgIpc) is 1.87. The lowest BCUT2D eigenvalue weighted by atomic mass is 10.2. The van der Waals surface area contributed by atoms with Crippen molar-refractivity contribution in [1.82, 2.24) is 5.32 Å². The molecule has 0 aromatic carbocycles. The quantitative estimate of drug-likeness (QED) is 0.611. The van der Waals surface area contributed by atoms with E-state index in [-0.39, 0.29) is 5.91 Å². The predicted molar refractivity (Wildman–Crippen MR) is 51.0 cm³/mol. The zero-order valence-electron chi connectivity index (χ0n) is 7.26. The van der Waals surface area contributed by atoms with Crippen LogP contribution in [0.15, 0.2) is 0 Å². The van der Waals surface area contributed by atoms with Crippen LogP contribution in [0.25, 0.3) is 0 Å². The van der Waals surface area contributed by atoms with Gasteiger partial charge in [-0.05, 0) is 19.1 Å². The molecule has 0 heterocycles. The summed E-state index contributed by atoms with van der Waals surface area (Å²) in [5, 5.41) is 2.89. The second-order valence-electron chi connectivity index (χ2n) is 2.73. The molecule has 1 unspecified atom stereocenters. The molecule has 0 aliphatic rings. The number of carbonyl (C=O) groups excluding carboxylic acids is 1. The highest BCUT2D eigenvalue weighted by Gasteiger charge is 2.03. The van der Waals surface area contributed by atoms with E-state index in [1.54, 1.807) is 0 Å². The van der Waals surface area contributed by atoms with E-state index in [1.807, 2.05) is 6.92 Å². The fourth-order valence-corrected chi connectivity index (χ4v) is 1.16. The van der Waals surface area contributed by atoms with Crippen molar-refractivity contribution in [3.63, 3.8) is 0 Å². The third-order valence-corrected chi connectivity index (χ3v) is 1.69. The first-order valence-corrected chi connectivity index (χ1v) is 4.74. The average molecular weight is 175 g/mol. The number of hydrogen-bond acceptors (Lipinski definition) is 2. The van der Waals surface area contributed by atoms with Gasteiger partial charge in [0.25, 0.3) is 0 Å². The Morgan fingerprint density at radius 1 is 1.64 bits per heavy atom. The van der Waals surface area contributed by atoms with Crippen molar-refractivity contribution in [1.29, 1.82) is 0 Å². The van der Waals surface area contributed by atoms with Gasteiger partial charge in [-0.3, -0.25) is 4.79 Å². The third kappa shape index (κ3) is 6.23. The fourth-order valence-electron chi connectivity index (χ4n) is 0.954. The molecule has 0 aromatic rings. The molecule has 2 nitrogen and oxygen atoms in total. The van der Waals surface area contributed by atoms with Gasteiger partial charge in [0.1, 0.15) is 0 Å². The highest BCUT2D eigenvalue weighted by atomic mass is 32.1. The molecule has 66 valence electrons. The third-order valence-electron chi connectivity index (χ3n) is 1.47. The number of hydrogen-bond donors (Lipinski definition) is 2. The molecule has 1 atom stereocenters. The second kappa shape index (κ2) is 6.53. The first-order chi connectivity index (χ1) is 5.20. The van der Waals surface area contributed by atoms with Crippen LogP contribution in [0.2, 0.25) is 0 Å². The summed E-state index contributed by atoms with van der Waals surface area (Å²) in [7, 11) is 0. The maximum absolute atomic E-state index is 11.0. The first kappa shape index (κ1) is 10.8. The van der Waals surface area contributed by atoms with Crippen molar-refractivity contribution in [3.05, 3.63) is 0 Å². The lowest BCUT2D eigenvalue weighted by molar-refractivity contribution is -0.121. The van der Waals surface area contributed by atoms with Crippen LogP contribution in [0.4, 0.5) is 0 Å². The molecule has 3 heteroatoms. The molecule has 0 aliphatic heterocycles. The van der Waals surface area contributed by atoms with Crippen LogP contribution in [0, 0.1) is 0 Å². The summed E-state index contributed by atoms with van der Waals surface area (Å²) >= 11 is 3.97. The van der Waals surface area contributed by atoms with Gasteiger partial charge in [-0.1, -0.05) is 13.3 Å². The standard InChI is InChI=1S/C8H17NOS/c1-3-4-7(2)9-8(10)5-6-11/h7,11H,3-6H2,1-2H3,(H,9,10). The normalized spacial score (nSPS) is 12.6. The van der Waals surface area contributed by atoms with Gasteiger partial charge >= 0.3 is 0 Å². The highest BCUT2D eigenvalue weighted by Crippen LogP contribution is 1.95. The summed E-state index contributed by atoms with van der Waals surface area (Å²) in [5.74, 6) is 0.742. The highest BCUT2D eigenvalue weighted by molar-refractivity contribution is 7.80. The molecule has 0 fully saturated rings. The second-order valence-corrected chi connectivity index (χ2v) is 3.18. The van der Waals surface area contributed by atoms with Crippen LogP contribution < -0.4 is 5.32 Å². The van der Waals surface area contributed by atoms with Crippen LogP contribution in [0.5, 0.6) is 0 Å². The van der Waals surface area contributed by atoms with Crippen molar-refractivity contribution in [3.8, 4) is 0 Å². The summed E-state index contributed by atoms with van der Waals surface area (Å²) in [6.45, 7) is 4.14. The van der Waals surface area contributed by atoms with Gasteiger partial charge in [-0.2, -0.15) is 12.6 Å². The molecule has 1 amide bonds. The van der Waals surface area contributed by atoms with Crippen LogP contribution >= 0.6 is 12.6 Å². The van der Waals surface area contributed by atoms with E-state index in [2.05, 4.69) is 24.9 Å². The van der Waals surface area contributed by atoms with Crippen molar-refractivity contribution in [2.24, 2.45) is 0 Å².